The van der Waals surface area contributed by atoms with E-state index in [1.54, 1.807) is 0 Å². The Hall–Kier alpha value is -1.79. The number of hydrogen-bond donors (Lipinski definition) is 2. The van der Waals surface area contributed by atoms with E-state index in [1.165, 1.54) is 18.3 Å². The van der Waals surface area contributed by atoms with Gasteiger partial charge in [-0.1, -0.05) is 12.1 Å². The summed E-state index contributed by atoms with van der Waals surface area (Å²) in [5.41, 5.74) is 6.29. The summed E-state index contributed by atoms with van der Waals surface area (Å²) in [6, 6.07) is 7.11. The molecule has 0 aliphatic heterocycles. The number of nitrogens with one attached hydrogen (secondary N) is 1. The van der Waals surface area contributed by atoms with Gasteiger partial charge in [0, 0.05) is 6.92 Å². The van der Waals surface area contributed by atoms with Crippen LogP contribution in [0, 0.1) is 0 Å². The van der Waals surface area contributed by atoms with Crippen molar-refractivity contribution < 1.29 is 9.59 Å². The minimum Gasteiger partial charge on any atom is -0.346 e. The molecule has 6 heteroatoms. The molecule has 0 fully saturated rings. The van der Waals surface area contributed by atoms with Crippen molar-refractivity contribution in [2.24, 2.45) is 5.73 Å². The molecule has 1 aromatic carbocycles. The Balaban J connectivity index is 2.17. The molecule has 1 atom stereocenters. The molecule has 0 aliphatic rings. The number of para-hydroxylation sites is 1. The summed E-state index contributed by atoms with van der Waals surface area (Å²) in [6.07, 6.45) is 2.23. The molecule has 1 aromatic heterocycles. The van der Waals surface area contributed by atoms with Gasteiger partial charge in [-0.3, -0.25) is 9.59 Å². The molecule has 0 bridgehead atoms. The van der Waals surface area contributed by atoms with Crippen LogP contribution in [-0.2, 0) is 4.79 Å². The number of nitrogens with two attached hydrogens (primary N) is 1. The first-order valence-electron chi connectivity index (χ1n) is 6.98. The first-order chi connectivity index (χ1) is 10.1. The number of unbranched alkanes of at least 4 members (excludes halogenated alkanes) is 1. The Labute approximate surface area is 127 Å². The van der Waals surface area contributed by atoms with Gasteiger partial charge in [0.25, 0.3) is 0 Å². The molecule has 2 rings (SSSR count). The molecule has 112 valence electrons. The first-order valence-corrected chi connectivity index (χ1v) is 7.80. The minimum absolute atomic E-state index is 0.122. The lowest BCUT2D eigenvalue weighted by molar-refractivity contribution is -0.119. The lowest BCUT2D eigenvalue weighted by Crippen LogP contribution is -2.39. The van der Waals surface area contributed by atoms with Crippen molar-refractivity contribution in [3.63, 3.8) is 0 Å². The van der Waals surface area contributed by atoms with Crippen LogP contribution in [0.3, 0.4) is 0 Å². The average Bonchev–Trinajstić information content (AvgIpc) is 2.89. The van der Waals surface area contributed by atoms with Crippen molar-refractivity contribution >= 4 is 33.2 Å². The number of aromatic nitrogens is 1. The van der Waals surface area contributed by atoms with E-state index in [0.717, 1.165) is 23.1 Å². The molecule has 21 heavy (non-hydrogen) atoms. The quantitative estimate of drug-likeness (QED) is 0.606. The fourth-order valence-corrected chi connectivity index (χ4v) is 3.09. The molecule has 2 aromatic rings. The van der Waals surface area contributed by atoms with Crippen LogP contribution in [0.5, 0.6) is 0 Å². The third-order valence-electron chi connectivity index (χ3n) is 3.15. The van der Waals surface area contributed by atoms with Crippen molar-refractivity contribution in [2.45, 2.75) is 32.2 Å². The van der Waals surface area contributed by atoms with E-state index in [2.05, 4.69) is 10.3 Å². The number of thiazole rings is 1. The van der Waals surface area contributed by atoms with Crippen LogP contribution in [0.4, 0.5) is 0 Å². The summed E-state index contributed by atoms with van der Waals surface area (Å²) in [7, 11) is 0. The average molecular weight is 305 g/mol. The van der Waals surface area contributed by atoms with Crippen LogP contribution in [0.1, 0.15) is 36.0 Å². The number of carbonyl (C=O) groups is 2. The molecule has 0 aliphatic carbocycles. The zero-order valence-corrected chi connectivity index (χ0v) is 12.8. The Morgan fingerprint density at radius 1 is 1.33 bits per heavy atom. The minimum atomic E-state index is -0.519. The lowest BCUT2D eigenvalue weighted by Gasteiger charge is -2.15. The molecule has 0 spiro atoms. The third-order valence-corrected chi connectivity index (χ3v) is 4.20. The van der Waals surface area contributed by atoms with Gasteiger partial charge in [0.1, 0.15) is 0 Å². The Morgan fingerprint density at radius 2 is 2.10 bits per heavy atom. The van der Waals surface area contributed by atoms with Crippen LogP contribution in [0.15, 0.2) is 24.3 Å². The second kappa shape index (κ2) is 7.28. The molecule has 0 saturated heterocycles. The number of benzene rings is 1. The van der Waals surface area contributed by atoms with Gasteiger partial charge in [-0.25, -0.2) is 4.98 Å². The van der Waals surface area contributed by atoms with Gasteiger partial charge in [0.05, 0.1) is 16.3 Å². The summed E-state index contributed by atoms with van der Waals surface area (Å²) >= 11 is 1.36. The summed E-state index contributed by atoms with van der Waals surface area (Å²) in [5, 5.41) is 3.17. The molecule has 1 heterocycles. The van der Waals surface area contributed by atoms with E-state index in [-0.39, 0.29) is 11.7 Å². The smallest absolute Gasteiger partial charge is 0.217 e. The monoisotopic (exact) mass is 305 g/mol. The summed E-state index contributed by atoms with van der Waals surface area (Å²) in [5.74, 6) is -0.328. The van der Waals surface area contributed by atoms with Gasteiger partial charge < -0.3 is 11.1 Å². The van der Waals surface area contributed by atoms with Crippen molar-refractivity contribution in [2.75, 3.05) is 6.54 Å². The number of nitrogens with zero attached hydrogens (tertiary/aromatic N) is 1. The van der Waals surface area contributed by atoms with Crippen LogP contribution >= 0.6 is 11.3 Å². The number of amides is 1. The van der Waals surface area contributed by atoms with E-state index >= 15 is 0 Å². The fourth-order valence-electron chi connectivity index (χ4n) is 2.13. The zero-order chi connectivity index (χ0) is 15.2. The predicted octanol–water partition coefficient (Wildman–Crippen LogP) is 2.11. The van der Waals surface area contributed by atoms with Crippen molar-refractivity contribution in [3.8, 4) is 0 Å². The molecular formula is C15H19N3O2S. The second-order valence-corrected chi connectivity index (χ2v) is 5.92. The summed E-state index contributed by atoms with van der Waals surface area (Å²) < 4.78 is 0.976. The lowest BCUT2D eigenvalue weighted by atomic mass is 10.1. The molecule has 5 nitrogen and oxygen atoms in total. The molecule has 0 saturated carbocycles. The highest BCUT2D eigenvalue weighted by molar-refractivity contribution is 7.20. The molecule has 3 N–H and O–H groups in total. The van der Waals surface area contributed by atoms with Gasteiger partial charge in [-0.15, -0.1) is 11.3 Å². The number of fused-ring (bicyclic) bond motifs is 1. The third kappa shape index (κ3) is 4.09. The molecule has 0 radical (unpaired) electrons. The zero-order valence-electron chi connectivity index (χ0n) is 12.0. The van der Waals surface area contributed by atoms with Gasteiger partial charge in [-0.05, 0) is 37.9 Å². The van der Waals surface area contributed by atoms with Crippen molar-refractivity contribution in [1.82, 2.24) is 10.3 Å². The van der Waals surface area contributed by atoms with Gasteiger partial charge >= 0.3 is 0 Å². The van der Waals surface area contributed by atoms with Crippen molar-refractivity contribution in [1.29, 1.82) is 0 Å². The first kappa shape index (κ1) is 15.6. The fraction of sp³-hybridized carbons (Fsp3) is 0.400. The van der Waals surface area contributed by atoms with Crippen LogP contribution in [-0.4, -0.2) is 29.3 Å². The van der Waals surface area contributed by atoms with E-state index in [0.29, 0.717) is 18.0 Å². The topological polar surface area (TPSA) is 85.1 Å². The summed E-state index contributed by atoms with van der Waals surface area (Å²) in [6.45, 7) is 2.00. The number of hydrogen-bond acceptors (Lipinski definition) is 5. The van der Waals surface area contributed by atoms with Gasteiger partial charge in [0.15, 0.2) is 5.01 Å². The van der Waals surface area contributed by atoms with Crippen molar-refractivity contribution in [3.05, 3.63) is 29.3 Å². The highest BCUT2D eigenvalue weighted by Crippen LogP contribution is 2.23. The maximum Gasteiger partial charge on any atom is 0.217 e. The highest BCUT2D eigenvalue weighted by atomic mass is 32.1. The van der Waals surface area contributed by atoms with E-state index in [9.17, 15) is 9.59 Å². The highest BCUT2D eigenvalue weighted by Gasteiger charge is 2.23. The maximum atomic E-state index is 12.5. The predicted molar refractivity (Wildman–Crippen MR) is 84.5 cm³/mol. The Bertz CT molecular complexity index is 606. The van der Waals surface area contributed by atoms with Gasteiger partial charge in [-0.2, -0.15) is 0 Å². The number of carbonyl (C=O) groups excluding carboxylic acids is 2. The summed E-state index contributed by atoms with van der Waals surface area (Å²) in [4.78, 5) is 28.2. The van der Waals surface area contributed by atoms with Crippen LogP contribution < -0.4 is 11.1 Å². The normalized spacial score (nSPS) is 12.3. The number of rotatable bonds is 7. The second-order valence-electron chi connectivity index (χ2n) is 4.89. The Morgan fingerprint density at radius 3 is 2.76 bits per heavy atom. The molecule has 0 unspecified atom stereocenters. The van der Waals surface area contributed by atoms with Crippen LogP contribution in [0.2, 0.25) is 0 Å². The maximum absolute atomic E-state index is 12.5. The Kier molecular flexibility index (Phi) is 5.41. The van der Waals surface area contributed by atoms with Gasteiger partial charge in [0.2, 0.25) is 11.7 Å². The number of ketones is 1. The van der Waals surface area contributed by atoms with Crippen LogP contribution in [0.25, 0.3) is 10.2 Å². The van der Waals surface area contributed by atoms with E-state index < -0.39 is 6.04 Å². The largest absolute Gasteiger partial charge is 0.346 e. The van der Waals surface area contributed by atoms with E-state index in [4.69, 9.17) is 5.73 Å². The van der Waals surface area contributed by atoms with E-state index in [1.807, 2.05) is 24.3 Å². The molecular weight excluding hydrogens is 286 g/mol. The number of Topliss-reactive ketones (excluding diaryl/α,β-unsaturated/α-hetero) is 1. The molecule has 1 amide bonds. The standard InChI is InChI=1S/C15H19N3O2S/c1-10(19)17-12(7-4-5-9-16)14(20)15-18-11-6-2-3-8-13(11)21-15/h2-3,6,8,12H,4-5,7,9,16H2,1H3,(H,17,19)/t12-/m1/s1. The SMILES string of the molecule is CC(=O)N[C@H](CCCCN)C(=O)c1nc2ccccc2s1.